The van der Waals surface area contributed by atoms with E-state index in [1.54, 1.807) is 12.3 Å². The predicted octanol–water partition coefficient (Wildman–Crippen LogP) is 5.94. The molecule has 0 radical (unpaired) electrons. The normalized spacial score (nSPS) is 22.7. The Morgan fingerprint density at radius 1 is 1.27 bits per heavy atom. The van der Waals surface area contributed by atoms with Gasteiger partial charge in [0.25, 0.3) is 5.56 Å². The molecule has 4 rings (SSSR count). The molecular formula is C24H26BrClN2O2. The van der Waals surface area contributed by atoms with Crippen molar-refractivity contribution in [1.29, 1.82) is 0 Å². The minimum atomic E-state index is -0.148. The molecule has 1 aliphatic rings. The van der Waals surface area contributed by atoms with Gasteiger partial charge in [-0.25, -0.2) is 0 Å². The second kappa shape index (κ2) is 8.74. The zero-order valence-electron chi connectivity index (χ0n) is 17.0. The quantitative estimate of drug-likeness (QED) is 0.466. The molecule has 1 heterocycles. The molecule has 0 amide bonds. The second-order valence-electron chi connectivity index (χ2n) is 8.14. The van der Waals surface area contributed by atoms with E-state index in [-0.39, 0.29) is 23.1 Å². The maximum Gasteiger partial charge on any atom is 0.255 e. The minimum absolute atomic E-state index is 0.0603. The summed E-state index contributed by atoms with van der Waals surface area (Å²) in [5.41, 5.74) is 7.75. The van der Waals surface area contributed by atoms with Crippen LogP contribution in [0.5, 0.6) is 5.75 Å². The smallest absolute Gasteiger partial charge is 0.255 e. The lowest BCUT2D eigenvalue weighted by atomic mass is 9.64. The van der Waals surface area contributed by atoms with Crippen LogP contribution in [0.4, 0.5) is 0 Å². The highest BCUT2D eigenvalue weighted by molar-refractivity contribution is 9.10. The topological polar surface area (TPSA) is 68.1 Å². The number of H-pyrrole nitrogens is 1. The Morgan fingerprint density at radius 2 is 2.00 bits per heavy atom. The number of aromatic amines is 1. The fraction of sp³-hybridized carbons (Fsp3) is 0.375. The fourth-order valence-electron chi connectivity index (χ4n) is 4.78. The van der Waals surface area contributed by atoms with E-state index < -0.39 is 0 Å². The first-order chi connectivity index (χ1) is 14.4. The molecular weight excluding hydrogens is 464 g/mol. The first kappa shape index (κ1) is 21.4. The standard InChI is InChI=1S/C24H26BrClN2O2/c1-2-22(27)24(18-5-3-4-6-19(18)25)10-7-16(8-11-24)30-21-13-15-9-12-28-23(29)17(15)14-20(21)26/h3-6,9,12-14,16,22H,2,7-8,10-11,27H2,1H3,(H,28,29)/t16-,22?,24+. The SMILES string of the molecule is CCC(N)[C@]1(c2ccccc2Br)CC[C@H](Oc2cc3cc[nH]c(=O)c3cc2Cl)CC1. The lowest BCUT2D eigenvalue weighted by Crippen LogP contribution is -2.49. The van der Waals surface area contributed by atoms with Gasteiger partial charge in [-0.05, 0) is 67.3 Å². The van der Waals surface area contributed by atoms with Crippen LogP contribution in [0.15, 0.2) is 57.9 Å². The van der Waals surface area contributed by atoms with E-state index >= 15 is 0 Å². The molecule has 158 valence electrons. The highest BCUT2D eigenvalue weighted by Crippen LogP contribution is 2.46. The Labute approximate surface area is 189 Å². The number of rotatable bonds is 5. The van der Waals surface area contributed by atoms with Gasteiger partial charge in [-0.15, -0.1) is 0 Å². The van der Waals surface area contributed by atoms with Crippen LogP contribution in [0.3, 0.4) is 0 Å². The van der Waals surface area contributed by atoms with Crippen molar-refractivity contribution >= 4 is 38.3 Å². The summed E-state index contributed by atoms with van der Waals surface area (Å²) in [5, 5.41) is 1.86. The number of nitrogens with two attached hydrogens (primary N) is 1. The van der Waals surface area contributed by atoms with Crippen molar-refractivity contribution in [2.24, 2.45) is 5.73 Å². The van der Waals surface area contributed by atoms with Crippen molar-refractivity contribution in [3.05, 3.63) is 74.1 Å². The summed E-state index contributed by atoms with van der Waals surface area (Å²) in [6, 6.07) is 13.9. The van der Waals surface area contributed by atoms with E-state index in [1.807, 2.05) is 18.2 Å². The molecule has 1 atom stereocenters. The molecule has 1 fully saturated rings. The summed E-state index contributed by atoms with van der Waals surface area (Å²) < 4.78 is 7.43. The molecule has 3 aromatic rings. The van der Waals surface area contributed by atoms with Crippen LogP contribution in [-0.2, 0) is 5.41 Å². The van der Waals surface area contributed by atoms with Crippen LogP contribution < -0.4 is 16.0 Å². The predicted molar refractivity (Wildman–Crippen MR) is 127 cm³/mol. The van der Waals surface area contributed by atoms with Crippen molar-refractivity contribution in [2.75, 3.05) is 0 Å². The molecule has 1 aliphatic carbocycles. The fourth-order valence-corrected chi connectivity index (χ4v) is 5.67. The Morgan fingerprint density at radius 3 is 2.70 bits per heavy atom. The maximum atomic E-state index is 12.0. The number of pyridine rings is 1. The number of hydrogen-bond acceptors (Lipinski definition) is 3. The lowest BCUT2D eigenvalue weighted by Gasteiger charge is -2.45. The number of halogens is 2. The molecule has 30 heavy (non-hydrogen) atoms. The van der Waals surface area contributed by atoms with Gasteiger partial charge < -0.3 is 15.5 Å². The summed E-state index contributed by atoms with van der Waals surface area (Å²) in [6.07, 6.45) is 6.36. The first-order valence-corrected chi connectivity index (χ1v) is 11.6. The zero-order chi connectivity index (χ0) is 21.3. The Hall–Kier alpha value is -1.82. The van der Waals surface area contributed by atoms with E-state index in [1.165, 1.54) is 5.56 Å². The Balaban J connectivity index is 1.56. The van der Waals surface area contributed by atoms with Gasteiger partial charge in [0.1, 0.15) is 5.75 Å². The van der Waals surface area contributed by atoms with E-state index in [0.29, 0.717) is 16.2 Å². The second-order valence-corrected chi connectivity index (χ2v) is 9.41. The molecule has 0 saturated heterocycles. The molecule has 4 nitrogen and oxygen atoms in total. The van der Waals surface area contributed by atoms with Crippen LogP contribution >= 0.6 is 27.5 Å². The van der Waals surface area contributed by atoms with Crippen LogP contribution in [0.2, 0.25) is 5.02 Å². The van der Waals surface area contributed by atoms with Gasteiger partial charge in [0.2, 0.25) is 0 Å². The third kappa shape index (κ3) is 3.91. The van der Waals surface area contributed by atoms with Crippen molar-refractivity contribution < 1.29 is 4.74 Å². The van der Waals surface area contributed by atoms with E-state index in [4.69, 9.17) is 22.1 Å². The average Bonchev–Trinajstić information content (AvgIpc) is 2.75. The highest BCUT2D eigenvalue weighted by Gasteiger charge is 2.42. The molecule has 1 saturated carbocycles. The minimum Gasteiger partial charge on any atom is -0.489 e. The molecule has 0 aliphatic heterocycles. The summed E-state index contributed by atoms with van der Waals surface area (Å²) in [4.78, 5) is 14.7. The number of nitrogens with one attached hydrogen (secondary N) is 1. The van der Waals surface area contributed by atoms with Gasteiger partial charge in [-0.1, -0.05) is 52.7 Å². The monoisotopic (exact) mass is 488 g/mol. The highest BCUT2D eigenvalue weighted by atomic mass is 79.9. The van der Waals surface area contributed by atoms with Gasteiger partial charge in [-0.3, -0.25) is 4.79 Å². The largest absolute Gasteiger partial charge is 0.489 e. The van der Waals surface area contributed by atoms with Crippen LogP contribution in [0.25, 0.3) is 10.8 Å². The molecule has 6 heteroatoms. The van der Waals surface area contributed by atoms with Gasteiger partial charge in [0, 0.05) is 27.5 Å². The van der Waals surface area contributed by atoms with Crippen LogP contribution in [-0.4, -0.2) is 17.1 Å². The van der Waals surface area contributed by atoms with Crippen molar-refractivity contribution in [3.63, 3.8) is 0 Å². The number of fused-ring (bicyclic) bond motifs is 1. The Bertz CT molecular complexity index is 1110. The van der Waals surface area contributed by atoms with Gasteiger partial charge in [-0.2, -0.15) is 0 Å². The third-order valence-corrected chi connectivity index (χ3v) is 7.49. The average molecular weight is 490 g/mol. The molecule has 0 spiro atoms. The lowest BCUT2D eigenvalue weighted by molar-refractivity contribution is 0.103. The van der Waals surface area contributed by atoms with Crippen LogP contribution in [0.1, 0.15) is 44.6 Å². The van der Waals surface area contributed by atoms with E-state index in [2.05, 4.69) is 46.0 Å². The molecule has 1 aromatic heterocycles. The summed E-state index contributed by atoms with van der Waals surface area (Å²) in [5.74, 6) is 0.632. The summed E-state index contributed by atoms with van der Waals surface area (Å²) in [7, 11) is 0. The number of benzene rings is 2. The number of hydrogen-bond donors (Lipinski definition) is 2. The summed E-state index contributed by atoms with van der Waals surface area (Å²) in [6.45, 7) is 2.16. The van der Waals surface area contributed by atoms with Crippen molar-refractivity contribution in [3.8, 4) is 5.75 Å². The van der Waals surface area contributed by atoms with Gasteiger partial charge in [0.05, 0.1) is 11.1 Å². The summed E-state index contributed by atoms with van der Waals surface area (Å²) >= 11 is 10.2. The molecule has 2 aromatic carbocycles. The number of ether oxygens (including phenoxy) is 1. The maximum absolute atomic E-state index is 12.0. The van der Waals surface area contributed by atoms with Crippen molar-refractivity contribution in [1.82, 2.24) is 4.98 Å². The van der Waals surface area contributed by atoms with Crippen LogP contribution in [0, 0.1) is 0 Å². The third-order valence-electron chi connectivity index (χ3n) is 6.50. The van der Waals surface area contributed by atoms with Crippen molar-refractivity contribution in [2.45, 2.75) is 56.6 Å². The van der Waals surface area contributed by atoms with E-state index in [9.17, 15) is 4.79 Å². The first-order valence-electron chi connectivity index (χ1n) is 10.4. The van der Waals surface area contributed by atoms with E-state index in [0.717, 1.165) is 42.0 Å². The Kier molecular flexibility index (Phi) is 6.24. The van der Waals surface area contributed by atoms with Gasteiger partial charge in [0.15, 0.2) is 0 Å². The number of aromatic nitrogens is 1. The van der Waals surface area contributed by atoms with Gasteiger partial charge >= 0.3 is 0 Å². The molecule has 0 bridgehead atoms. The zero-order valence-corrected chi connectivity index (χ0v) is 19.3. The molecule has 1 unspecified atom stereocenters. The molecule has 3 N–H and O–H groups in total.